The van der Waals surface area contributed by atoms with Crippen molar-refractivity contribution in [3.63, 3.8) is 0 Å². The molecular weight excluding hydrogens is 251 g/mol. The maximum absolute atomic E-state index is 9.55. The Morgan fingerprint density at radius 1 is 1.30 bits per heavy atom. The Balaban J connectivity index is 0.000000956. The third kappa shape index (κ3) is 4.91. The van der Waals surface area contributed by atoms with Crippen LogP contribution < -0.4 is 5.23 Å². The number of aliphatic hydroxyl groups excluding tert-OH is 1. The van der Waals surface area contributed by atoms with Gasteiger partial charge in [0.2, 0.25) is 0 Å². The summed E-state index contributed by atoms with van der Waals surface area (Å²) in [5, 5.41) is 22.1. The number of hydrogen-bond donors (Lipinski definition) is 3. The van der Waals surface area contributed by atoms with Gasteiger partial charge in [-0.2, -0.15) is 0 Å². The van der Waals surface area contributed by atoms with Crippen molar-refractivity contribution in [2.75, 3.05) is 19.7 Å². The van der Waals surface area contributed by atoms with E-state index in [1.54, 1.807) is 6.82 Å². The van der Waals surface area contributed by atoms with Gasteiger partial charge >= 0.3 is 7.05 Å². The van der Waals surface area contributed by atoms with Gasteiger partial charge in [0.15, 0.2) is 0 Å². The Hall–Kier alpha value is -0.875. The minimum absolute atomic E-state index is 0.0587. The second-order valence-electron chi connectivity index (χ2n) is 5.21. The van der Waals surface area contributed by atoms with Gasteiger partial charge in [-0.1, -0.05) is 44.2 Å². The summed E-state index contributed by atoms with van der Waals surface area (Å²) in [6.07, 6.45) is 0.862. The molecule has 0 unspecified atom stereocenters. The minimum atomic E-state index is -0.589. The fourth-order valence-corrected chi connectivity index (χ4v) is 2.67. The van der Waals surface area contributed by atoms with Crippen molar-refractivity contribution >= 4 is 7.05 Å². The SMILES string of the molecule is CB(O)N[C@]1(CO)CCN(Cc2ccccc2)C1.CC. The zero-order valence-electron chi connectivity index (χ0n) is 12.8. The highest BCUT2D eigenvalue weighted by molar-refractivity contribution is 6.45. The summed E-state index contributed by atoms with van der Waals surface area (Å²) in [6.45, 7) is 8.35. The summed E-state index contributed by atoms with van der Waals surface area (Å²) in [7, 11) is -0.589. The molecule has 0 aliphatic carbocycles. The Morgan fingerprint density at radius 3 is 2.50 bits per heavy atom. The van der Waals surface area contributed by atoms with E-state index in [0.29, 0.717) is 0 Å². The van der Waals surface area contributed by atoms with Gasteiger partial charge in [0.1, 0.15) is 0 Å². The normalized spacial score (nSPS) is 22.2. The molecule has 4 nitrogen and oxygen atoms in total. The van der Waals surface area contributed by atoms with Crippen LogP contribution in [0.15, 0.2) is 30.3 Å². The lowest BCUT2D eigenvalue weighted by Crippen LogP contribution is -2.55. The molecule has 112 valence electrons. The fourth-order valence-electron chi connectivity index (χ4n) is 2.67. The summed E-state index contributed by atoms with van der Waals surface area (Å²) < 4.78 is 0. The van der Waals surface area contributed by atoms with Gasteiger partial charge in [-0.3, -0.25) is 4.90 Å². The first-order valence-corrected chi connectivity index (χ1v) is 7.46. The number of likely N-dealkylation sites (tertiary alicyclic amines) is 1. The second kappa shape index (κ2) is 8.42. The monoisotopic (exact) mass is 278 g/mol. The predicted molar refractivity (Wildman–Crippen MR) is 84.5 cm³/mol. The number of benzene rings is 1. The van der Waals surface area contributed by atoms with Crippen LogP contribution in [0.4, 0.5) is 0 Å². The number of aliphatic hydroxyl groups is 1. The summed E-state index contributed by atoms with van der Waals surface area (Å²) in [5.74, 6) is 0. The van der Waals surface area contributed by atoms with Crippen LogP contribution in [0, 0.1) is 0 Å². The Kier molecular flexibility index (Phi) is 7.23. The van der Waals surface area contributed by atoms with Crippen LogP contribution in [0.2, 0.25) is 6.82 Å². The lowest BCUT2D eigenvalue weighted by Gasteiger charge is -2.29. The van der Waals surface area contributed by atoms with E-state index < -0.39 is 7.05 Å². The summed E-state index contributed by atoms with van der Waals surface area (Å²) in [4.78, 5) is 2.31. The predicted octanol–water partition coefficient (Wildman–Crippen LogP) is 1.35. The van der Waals surface area contributed by atoms with Crippen LogP contribution >= 0.6 is 0 Å². The van der Waals surface area contributed by atoms with Crippen LogP contribution in [0.3, 0.4) is 0 Å². The maximum Gasteiger partial charge on any atom is 0.374 e. The van der Waals surface area contributed by atoms with E-state index in [-0.39, 0.29) is 12.1 Å². The second-order valence-corrected chi connectivity index (χ2v) is 5.21. The Morgan fingerprint density at radius 2 is 1.95 bits per heavy atom. The molecule has 1 aromatic carbocycles. The van der Waals surface area contributed by atoms with E-state index in [1.807, 2.05) is 32.0 Å². The molecule has 1 aliphatic rings. The van der Waals surface area contributed by atoms with Crippen LogP contribution in [0.1, 0.15) is 25.8 Å². The Bertz CT molecular complexity index is 375. The van der Waals surface area contributed by atoms with Crippen molar-refractivity contribution in [3.05, 3.63) is 35.9 Å². The maximum atomic E-state index is 9.55. The third-order valence-corrected chi connectivity index (χ3v) is 3.50. The van der Waals surface area contributed by atoms with Gasteiger partial charge < -0.3 is 15.4 Å². The molecule has 0 aromatic heterocycles. The van der Waals surface area contributed by atoms with E-state index in [0.717, 1.165) is 26.1 Å². The van der Waals surface area contributed by atoms with Crippen molar-refractivity contribution in [2.24, 2.45) is 0 Å². The average molecular weight is 278 g/mol. The highest BCUT2D eigenvalue weighted by Crippen LogP contribution is 2.22. The first-order valence-electron chi connectivity index (χ1n) is 7.46. The molecule has 20 heavy (non-hydrogen) atoms. The molecule has 5 heteroatoms. The molecule has 1 fully saturated rings. The first-order chi connectivity index (χ1) is 9.63. The minimum Gasteiger partial charge on any atom is -0.437 e. The van der Waals surface area contributed by atoms with Gasteiger partial charge in [0.25, 0.3) is 0 Å². The van der Waals surface area contributed by atoms with Crippen LogP contribution in [0.25, 0.3) is 0 Å². The zero-order valence-corrected chi connectivity index (χ0v) is 12.8. The number of nitrogens with zero attached hydrogens (tertiary/aromatic N) is 1. The molecule has 1 saturated heterocycles. The lowest BCUT2D eigenvalue weighted by atomic mass is 9.82. The molecule has 1 heterocycles. The van der Waals surface area contributed by atoms with E-state index in [9.17, 15) is 10.1 Å². The molecule has 1 aromatic rings. The highest BCUT2D eigenvalue weighted by atomic mass is 16.3. The molecular formula is C15H27BN2O2. The van der Waals surface area contributed by atoms with Crippen molar-refractivity contribution in [2.45, 2.75) is 39.2 Å². The standard InChI is InChI=1S/C13H21BN2O2.C2H6/c1-14(18)15-13(11-17)7-8-16(10-13)9-12-5-3-2-4-6-12;1-2/h2-6,15,17-18H,7-11H2,1H3;1-2H3/t13-;/m1./s1. The van der Waals surface area contributed by atoms with E-state index >= 15 is 0 Å². The first kappa shape index (κ1) is 17.2. The van der Waals surface area contributed by atoms with E-state index in [4.69, 9.17) is 0 Å². The van der Waals surface area contributed by atoms with E-state index in [2.05, 4.69) is 22.3 Å². The molecule has 1 aliphatic heterocycles. The van der Waals surface area contributed by atoms with Crippen LogP contribution in [-0.2, 0) is 6.54 Å². The number of rotatable bonds is 5. The number of hydrogen-bond acceptors (Lipinski definition) is 4. The van der Waals surface area contributed by atoms with Gasteiger partial charge in [-0.25, -0.2) is 0 Å². The van der Waals surface area contributed by atoms with Gasteiger partial charge in [-0.15, -0.1) is 0 Å². The smallest absolute Gasteiger partial charge is 0.374 e. The largest absolute Gasteiger partial charge is 0.437 e. The summed E-state index contributed by atoms with van der Waals surface area (Å²) >= 11 is 0. The highest BCUT2D eigenvalue weighted by Gasteiger charge is 2.38. The molecule has 1 atom stereocenters. The van der Waals surface area contributed by atoms with Crippen molar-refractivity contribution in [3.8, 4) is 0 Å². The summed E-state index contributed by atoms with van der Waals surface area (Å²) in [6, 6.07) is 10.3. The Labute approximate surface area is 122 Å². The third-order valence-electron chi connectivity index (χ3n) is 3.50. The topological polar surface area (TPSA) is 55.7 Å². The quantitative estimate of drug-likeness (QED) is 0.712. The molecule has 0 spiro atoms. The van der Waals surface area contributed by atoms with Gasteiger partial charge in [0.05, 0.1) is 6.61 Å². The molecule has 0 saturated carbocycles. The molecule has 0 radical (unpaired) electrons. The lowest BCUT2D eigenvalue weighted by molar-refractivity contribution is 0.174. The summed E-state index contributed by atoms with van der Waals surface area (Å²) in [5.41, 5.74) is 0.923. The van der Waals surface area contributed by atoms with Crippen molar-refractivity contribution in [1.29, 1.82) is 0 Å². The molecule has 2 rings (SSSR count). The van der Waals surface area contributed by atoms with E-state index in [1.165, 1.54) is 5.56 Å². The van der Waals surface area contributed by atoms with Gasteiger partial charge in [0, 0.05) is 25.2 Å². The van der Waals surface area contributed by atoms with Crippen molar-refractivity contribution < 1.29 is 10.1 Å². The van der Waals surface area contributed by atoms with Crippen LogP contribution in [-0.4, -0.2) is 47.3 Å². The molecule has 0 bridgehead atoms. The van der Waals surface area contributed by atoms with Crippen LogP contribution in [0.5, 0.6) is 0 Å². The molecule has 0 amide bonds. The molecule has 3 N–H and O–H groups in total. The van der Waals surface area contributed by atoms with Crippen molar-refractivity contribution in [1.82, 2.24) is 10.1 Å². The number of nitrogens with one attached hydrogen (secondary N) is 1. The zero-order chi connectivity index (χ0) is 15.0. The fraction of sp³-hybridized carbons (Fsp3) is 0.600. The average Bonchev–Trinajstić information content (AvgIpc) is 2.85. The van der Waals surface area contributed by atoms with Gasteiger partial charge in [-0.05, 0) is 18.8 Å².